The molecule has 0 heterocycles. The zero-order chi connectivity index (χ0) is 4.99. The molecule has 0 aromatic carbocycles. The predicted octanol–water partition coefficient (Wildman–Crippen LogP) is 0.790. The molecule has 0 N–H and O–H groups in total. The second-order valence-corrected chi connectivity index (χ2v) is 2.02. The topological polar surface area (TPSA) is 3.24 Å². The van der Waals surface area contributed by atoms with E-state index in [1.165, 1.54) is 0 Å². The fraction of sp³-hybridized carbons (Fsp3) is 1.00. The maximum absolute atomic E-state index is 2.51. The van der Waals surface area contributed by atoms with E-state index in [0.29, 0.717) is 0 Å². The molecule has 0 unspecified atom stereocenters. The van der Waals surface area contributed by atoms with Crippen molar-refractivity contribution in [3.8, 4) is 0 Å². The van der Waals surface area contributed by atoms with Gasteiger partial charge in [-0.2, -0.15) is 0 Å². The molecule has 0 aliphatic heterocycles. The molecule has 0 amide bonds. The molecule has 0 saturated carbocycles. The summed E-state index contributed by atoms with van der Waals surface area (Å²) in [6.07, 6.45) is 0. The van der Waals surface area contributed by atoms with E-state index in [1.807, 2.05) is 0 Å². The Bertz CT molecular complexity index is 26.7. The van der Waals surface area contributed by atoms with Crippen molar-refractivity contribution < 1.29 is 17.7 Å². The van der Waals surface area contributed by atoms with Crippen LogP contribution in [0.2, 0.25) is 0 Å². The van der Waals surface area contributed by atoms with E-state index in [9.17, 15) is 0 Å². The maximum atomic E-state index is 2.51. The van der Waals surface area contributed by atoms with Crippen molar-refractivity contribution in [1.29, 1.82) is 0 Å². The molecule has 0 fully saturated rings. The van der Waals surface area contributed by atoms with Crippen LogP contribution in [0.25, 0.3) is 0 Å². The van der Waals surface area contributed by atoms with Crippen LogP contribution in [0.1, 0.15) is 13.8 Å². The fourth-order valence-corrected chi connectivity index (χ4v) is 0.224. The zero-order valence-corrected chi connectivity index (χ0v) is 5.71. The van der Waals surface area contributed by atoms with Gasteiger partial charge in [-0.25, -0.2) is 0 Å². The summed E-state index contributed by atoms with van der Waals surface area (Å²) in [5.41, 5.74) is 0. The standard InChI is InChI=1S/C4H10N.V/c1-3-5-4-2;/h3-4H2,1-2H3;/q-1;+4. The van der Waals surface area contributed by atoms with Gasteiger partial charge < -0.3 is 0 Å². The third kappa shape index (κ3) is 2.76. The minimum atomic E-state index is 1.14. The zero-order valence-electron chi connectivity index (χ0n) is 4.31. The molecule has 2 heteroatoms. The van der Waals surface area contributed by atoms with Crippen LogP contribution in [-0.4, -0.2) is 16.8 Å². The van der Waals surface area contributed by atoms with Crippen molar-refractivity contribution in [1.82, 2.24) is 3.75 Å². The Morgan fingerprint density at radius 2 is 1.67 bits per heavy atom. The molecule has 33 valence electrons. The van der Waals surface area contributed by atoms with Gasteiger partial charge in [0.05, 0.1) is 0 Å². The van der Waals surface area contributed by atoms with Crippen LogP contribution < -0.4 is 0 Å². The molecule has 0 radical (unpaired) electrons. The van der Waals surface area contributed by atoms with Gasteiger partial charge in [-0.05, 0) is 0 Å². The van der Waals surface area contributed by atoms with E-state index in [2.05, 4.69) is 35.3 Å². The first-order valence-electron chi connectivity index (χ1n) is 2.25. The molecule has 0 aromatic rings. The van der Waals surface area contributed by atoms with Gasteiger partial charge in [0.1, 0.15) is 0 Å². The van der Waals surface area contributed by atoms with Gasteiger partial charge in [0.2, 0.25) is 0 Å². The number of rotatable bonds is 2. The Morgan fingerprint density at radius 3 is 1.67 bits per heavy atom. The van der Waals surface area contributed by atoms with E-state index in [1.54, 1.807) is 0 Å². The van der Waals surface area contributed by atoms with Gasteiger partial charge in [-0.1, -0.05) is 0 Å². The Balaban J connectivity index is 2.75. The second kappa shape index (κ2) is 3.72. The Hall–Kier alpha value is 0.544. The SMILES string of the molecule is CC[N]([V+3])CC. The van der Waals surface area contributed by atoms with E-state index < -0.39 is 0 Å². The fourth-order valence-electron chi connectivity index (χ4n) is 0.224. The molecular weight excluding hydrogens is 113 g/mol. The van der Waals surface area contributed by atoms with Gasteiger partial charge in [0, 0.05) is 0 Å². The molecule has 0 aliphatic carbocycles. The molecule has 0 atom stereocenters. The second-order valence-electron chi connectivity index (χ2n) is 1.14. The van der Waals surface area contributed by atoms with Gasteiger partial charge >= 0.3 is 48.3 Å². The summed E-state index contributed by atoms with van der Waals surface area (Å²) in [5, 5.41) is 0. The van der Waals surface area contributed by atoms with Crippen molar-refractivity contribution in [2.24, 2.45) is 0 Å². The molecule has 0 aromatic heterocycles. The molecule has 6 heavy (non-hydrogen) atoms. The van der Waals surface area contributed by atoms with Crippen LogP contribution in [0, 0.1) is 0 Å². The number of hydrogen-bond donors (Lipinski definition) is 0. The molecule has 0 bridgehead atoms. The van der Waals surface area contributed by atoms with Crippen molar-refractivity contribution in [2.75, 3.05) is 13.1 Å². The summed E-state index contributed by atoms with van der Waals surface area (Å²) < 4.78 is 2.19. The molecule has 0 spiro atoms. The molecule has 1 nitrogen and oxygen atoms in total. The summed E-state index contributed by atoms with van der Waals surface area (Å²) in [7, 11) is 0. The van der Waals surface area contributed by atoms with Crippen LogP contribution >= 0.6 is 0 Å². The summed E-state index contributed by atoms with van der Waals surface area (Å²) in [4.78, 5) is 0. The predicted molar refractivity (Wildman–Crippen MR) is 22.9 cm³/mol. The van der Waals surface area contributed by atoms with Crippen molar-refractivity contribution in [3.63, 3.8) is 0 Å². The first-order valence-corrected chi connectivity index (χ1v) is 2.87. The van der Waals surface area contributed by atoms with E-state index >= 15 is 0 Å². The van der Waals surface area contributed by atoms with Crippen molar-refractivity contribution in [2.45, 2.75) is 13.8 Å². The monoisotopic (exact) mass is 123 g/mol. The minimum absolute atomic E-state index is 1.14. The van der Waals surface area contributed by atoms with Gasteiger partial charge in [0.25, 0.3) is 0 Å². The van der Waals surface area contributed by atoms with Gasteiger partial charge in [0.15, 0.2) is 0 Å². The summed E-state index contributed by atoms with van der Waals surface area (Å²) in [6, 6.07) is 0. The quantitative estimate of drug-likeness (QED) is 0.524. The van der Waals surface area contributed by atoms with Crippen molar-refractivity contribution >= 4 is 0 Å². The Morgan fingerprint density at radius 1 is 1.33 bits per heavy atom. The third-order valence-electron chi connectivity index (χ3n) is 0.730. The Kier molecular flexibility index (Phi) is 4.06. The van der Waals surface area contributed by atoms with E-state index in [4.69, 9.17) is 0 Å². The molecule has 0 saturated heterocycles. The summed E-state index contributed by atoms with van der Waals surface area (Å²) in [6.45, 7) is 6.55. The van der Waals surface area contributed by atoms with Gasteiger partial charge in [-0.15, -0.1) is 0 Å². The first kappa shape index (κ1) is 6.54. The summed E-state index contributed by atoms with van der Waals surface area (Å²) >= 11 is 2.51. The van der Waals surface area contributed by atoms with Crippen LogP contribution in [0.4, 0.5) is 0 Å². The van der Waals surface area contributed by atoms with Gasteiger partial charge in [-0.3, -0.25) is 0 Å². The third-order valence-corrected chi connectivity index (χ3v) is 1.61. The van der Waals surface area contributed by atoms with E-state index in [-0.39, 0.29) is 0 Å². The average molecular weight is 123 g/mol. The first-order chi connectivity index (χ1) is 2.81. The van der Waals surface area contributed by atoms with E-state index in [0.717, 1.165) is 13.1 Å². The number of nitrogens with zero attached hydrogens (tertiary/aromatic N) is 1. The van der Waals surface area contributed by atoms with Crippen molar-refractivity contribution in [3.05, 3.63) is 0 Å². The van der Waals surface area contributed by atoms with Crippen LogP contribution in [-0.2, 0) is 17.7 Å². The normalized spacial score (nSPS) is 10.2. The molecule has 0 rings (SSSR count). The molecular formula is C4H10NV+3. The molecule has 0 aliphatic rings. The Labute approximate surface area is 48.9 Å². The van der Waals surface area contributed by atoms with Crippen LogP contribution in [0.15, 0.2) is 0 Å². The number of hydrogen-bond acceptors (Lipinski definition) is 1. The average Bonchev–Trinajstić information content (AvgIpc) is 1.65. The summed E-state index contributed by atoms with van der Waals surface area (Å²) in [5.74, 6) is 0. The van der Waals surface area contributed by atoms with Crippen LogP contribution in [0.5, 0.6) is 0 Å². The van der Waals surface area contributed by atoms with Crippen LogP contribution in [0.3, 0.4) is 0 Å².